The molecule has 230 valence electrons. The van der Waals surface area contributed by atoms with Crippen LogP contribution in [-0.4, -0.2) is 96.9 Å². The summed E-state index contributed by atoms with van der Waals surface area (Å²) in [6.07, 6.45) is 0.206. The third-order valence-corrected chi connectivity index (χ3v) is 9.07. The molecule has 3 aliphatic rings. The molecular formula is C33H37F2N7O2. The first-order chi connectivity index (χ1) is 21.2. The summed E-state index contributed by atoms with van der Waals surface area (Å²) in [7, 11) is 1.89. The normalized spacial score (nSPS) is 22.2. The molecule has 0 unspecified atom stereocenters. The van der Waals surface area contributed by atoms with Crippen molar-refractivity contribution in [2.45, 2.75) is 44.6 Å². The van der Waals surface area contributed by atoms with Gasteiger partial charge in [-0.25, -0.2) is 15.4 Å². The van der Waals surface area contributed by atoms with E-state index in [0.717, 1.165) is 23.5 Å². The molecule has 3 atom stereocenters. The predicted octanol–water partition coefficient (Wildman–Crippen LogP) is 4.34. The van der Waals surface area contributed by atoms with Crippen LogP contribution in [0.25, 0.3) is 15.6 Å². The lowest BCUT2D eigenvalue weighted by molar-refractivity contribution is -0.131. The van der Waals surface area contributed by atoms with Crippen LogP contribution >= 0.6 is 0 Å². The number of anilines is 2. The van der Waals surface area contributed by atoms with Crippen molar-refractivity contribution in [1.29, 1.82) is 0 Å². The molecule has 3 aliphatic heterocycles. The van der Waals surface area contributed by atoms with Crippen LogP contribution in [-0.2, 0) is 17.8 Å². The molecule has 11 heteroatoms. The molecule has 6 rings (SSSR count). The fourth-order valence-electron chi connectivity index (χ4n) is 6.80. The summed E-state index contributed by atoms with van der Waals surface area (Å²) in [4.78, 5) is 33.5. The highest BCUT2D eigenvalue weighted by atomic mass is 19.1. The van der Waals surface area contributed by atoms with Crippen LogP contribution in [0.3, 0.4) is 0 Å². The molecule has 1 amide bonds. The predicted molar refractivity (Wildman–Crippen MR) is 166 cm³/mol. The number of halogens is 2. The number of alkyl halides is 1. The van der Waals surface area contributed by atoms with Gasteiger partial charge in [-0.2, -0.15) is 9.97 Å². The van der Waals surface area contributed by atoms with Gasteiger partial charge < -0.3 is 24.3 Å². The summed E-state index contributed by atoms with van der Waals surface area (Å²) in [5.41, 5.74) is 4.20. The van der Waals surface area contributed by atoms with Gasteiger partial charge in [-0.3, -0.25) is 9.69 Å². The third kappa shape index (κ3) is 5.78. The number of ether oxygens (including phenoxy) is 1. The van der Waals surface area contributed by atoms with Gasteiger partial charge in [0.15, 0.2) is 5.83 Å². The Morgan fingerprint density at radius 3 is 2.64 bits per heavy atom. The Morgan fingerprint density at radius 2 is 1.91 bits per heavy atom. The van der Waals surface area contributed by atoms with E-state index in [0.29, 0.717) is 44.8 Å². The molecule has 4 heterocycles. The van der Waals surface area contributed by atoms with Crippen LogP contribution in [0.5, 0.6) is 6.01 Å². The summed E-state index contributed by atoms with van der Waals surface area (Å²) in [6.45, 7) is 15.7. The minimum absolute atomic E-state index is 0.0405. The summed E-state index contributed by atoms with van der Waals surface area (Å²) in [6, 6.07) is 12.3. The number of aromatic nitrogens is 2. The summed E-state index contributed by atoms with van der Waals surface area (Å²) in [5, 5.41) is 2.40. The fraction of sp³-hybridized carbons (Fsp3) is 0.455. The number of piperazine rings is 1. The van der Waals surface area contributed by atoms with Crippen molar-refractivity contribution in [3.05, 3.63) is 77.0 Å². The topological polar surface area (TPSA) is 69.4 Å². The van der Waals surface area contributed by atoms with E-state index in [4.69, 9.17) is 21.3 Å². The molecule has 0 N–H and O–H groups in total. The Balaban J connectivity index is 1.34. The van der Waals surface area contributed by atoms with Gasteiger partial charge in [-0.1, -0.05) is 36.9 Å². The quantitative estimate of drug-likeness (QED) is 0.295. The second-order valence-corrected chi connectivity index (χ2v) is 12.0. The maximum Gasteiger partial charge on any atom is 0.318 e. The number of aryl methyl sites for hydroxylation is 1. The number of likely N-dealkylation sites (tertiary alicyclic amines) is 1. The first-order valence-electron chi connectivity index (χ1n) is 15.1. The van der Waals surface area contributed by atoms with Crippen molar-refractivity contribution < 1.29 is 18.3 Å². The van der Waals surface area contributed by atoms with Crippen molar-refractivity contribution in [2.75, 3.05) is 62.7 Å². The highest BCUT2D eigenvalue weighted by molar-refractivity contribution is 5.97. The minimum Gasteiger partial charge on any atom is -0.462 e. The van der Waals surface area contributed by atoms with Gasteiger partial charge in [-0.15, -0.1) is 0 Å². The molecule has 1 aromatic heterocycles. The van der Waals surface area contributed by atoms with Crippen LogP contribution in [0.2, 0.25) is 0 Å². The maximum absolute atomic E-state index is 14.0. The average Bonchev–Trinajstić information content (AvgIpc) is 3.35. The van der Waals surface area contributed by atoms with Gasteiger partial charge in [0.2, 0.25) is 6.54 Å². The molecular weight excluding hydrogens is 564 g/mol. The maximum atomic E-state index is 14.0. The number of likely N-dealkylation sites (N-methyl/N-ethyl adjacent to an activating group) is 1. The summed E-state index contributed by atoms with van der Waals surface area (Å²) in [5.74, 6) is -1.09. The Hall–Kier alpha value is -4.30. The number of amides is 1. The van der Waals surface area contributed by atoms with E-state index in [2.05, 4.69) is 64.5 Å². The highest BCUT2D eigenvalue weighted by Crippen LogP contribution is 2.36. The molecule has 0 radical (unpaired) electrons. The van der Waals surface area contributed by atoms with Gasteiger partial charge in [-0.05, 0) is 43.8 Å². The van der Waals surface area contributed by atoms with E-state index in [9.17, 15) is 13.6 Å². The first kappa shape index (κ1) is 29.8. The zero-order chi connectivity index (χ0) is 31.0. The second-order valence-electron chi connectivity index (χ2n) is 12.0. The van der Waals surface area contributed by atoms with Gasteiger partial charge in [0.25, 0.3) is 5.91 Å². The number of benzene rings is 2. The number of fused-ring (bicyclic) bond motifs is 2. The van der Waals surface area contributed by atoms with Gasteiger partial charge in [0.05, 0.1) is 12.2 Å². The highest BCUT2D eigenvalue weighted by Gasteiger charge is 2.37. The van der Waals surface area contributed by atoms with Crippen molar-refractivity contribution in [3.63, 3.8) is 0 Å². The average molecular weight is 602 g/mol. The Labute approximate surface area is 256 Å². The van der Waals surface area contributed by atoms with Crippen LogP contribution in [0.1, 0.15) is 23.2 Å². The van der Waals surface area contributed by atoms with Crippen molar-refractivity contribution in [1.82, 2.24) is 19.8 Å². The number of hydrogen-bond donors (Lipinski definition) is 0. The number of hydrogen-bond acceptors (Lipinski definition) is 7. The molecule has 44 heavy (non-hydrogen) atoms. The first-order valence-corrected chi connectivity index (χ1v) is 15.1. The summed E-state index contributed by atoms with van der Waals surface area (Å²) >= 11 is 0. The number of rotatable bonds is 7. The lowest BCUT2D eigenvalue weighted by Gasteiger charge is -2.41. The molecule has 0 saturated carbocycles. The standard InChI is InChI=1S/C33H37F2N7O2/c1-21-7-5-8-23-9-6-10-29(30(21)23)40-12-11-27-28(19-40)37-33(44-20-25-15-24(35)17-39(25)4)38-31(27)41-13-14-42(32(43)22(2)34)26(18-41)16-36-3/h5-10,24-26H,2,11-20H2,1,4H3/t24-,25+,26+/m1/s1. The van der Waals surface area contributed by atoms with Gasteiger partial charge in [0, 0.05) is 55.4 Å². The van der Waals surface area contributed by atoms with E-state index in [1.165, 1.54) is 21.2 Å². The Bertz CT molecular complexity index is 1620. The van der Waals surface area contributed by atoms with Crippen LogP contribution in [0, 0.1) is 13.5 Å². The lowest BCUT2D eigenvalue weighted by atomic mass is 9.99. The molecule has 0 bridgehead atoms. The van der Waals surface area contributed by atoms with Crippen molar-refractivity contribution >= 4 is 28.2 Å². The molecule has 0 aliphatic carbocycles. The monoisotopic (exact) mass is 601 g/mol. The zero-order valence-corrected chi connectivity index (χ0v) is 25.2. The van der Waals surface area contributed by atoms with Crippen LogP contribution in [0.4, 0.5) is 20.3 Å². The minimum atomic E-state index is -1.03. The van der Waals surface area contributed by atoms with E-state index in [1.54, 1.807) is 0 Å². The Morgan fingerprint density at radius 1 is 1.11 bits per heavy atom. The zero-order valence-electron chi connectivity index (χ0n) is 25.2. The molecule has 2 saturated heterocycles. The SMILES string of the molecule is [C-]#[N+]C[C@H]1CN(c2nc(OC[C@@H]3C[C@@H](F)CN3C)nc3c2CCN(c2cccc4cccc(C)c24)C3)CCN1C(=O)C(=C)F. The molecule has 2 fully saturated rings. The smallest absolute Gasteiger partial charge is 0.318 e. The fourth-order valence-corrected chi connectivity index (χ4v) is 6.80. The van der Waals surface area contributed by atoms with Crippen molar-refractivity contribution in [2.24, 2.45) is 0 Å². The van der Waals surface area contributed by atoms with Crippen molar-refractivity contribution in [3.8, 4) is 6.01 Å². The van der Waals surface area contributed by atoms with E-state index in [-0.39, 0.29) is 31.7 Å². The van der Waals surface area contributed by atoms with Crippen LogP contribution < -0.4 is 14.5 Å². The summed E-state index contributed by atoms with van der Waals surface area (Å²) < 4.78 is 34.0. The van der Waals surface area contributed by atoms with E-state index < -0.39 is 23.9 Å². The van der Waals surface area contributed by atoms with Gasteiger partial charge >= 0.3 is 6.01 Å². The van der Waals surface area contributed by atoms with E-state index >= 15 is 0 Å². The molecule has 2 aromatic carbocycles. The number of nitrogens with zero attached hydrogens (tertiary/aromatic N) is 7. The number of carbonyl (C=O) groups is 1. The molecule has 9 nitrogen and oxygen atoms in total. The molecule has 3 aromatic rings. The van der Waals surface area contributed by atoms with Crippen LogP contribution in [0.15, 0.2) is 48.8 Å². The van der Waals surface area contributed by atoms with E-state index in [1.807, 2.05) is 11.9 Å². The third-order valence-electron chi connectivity index (χ3n) is 9.07. The van der Waals surface area contributed by atoms with Gasteiger partial charge in [0.1, 0.15) is 24.6 Å². The second kappa shape index (κ2) is 12.4. The lowest BCUT2D eigenvalue weighted by Crippen LogP contribution is -2.57. The Kier molecular flexibility index (Phi) is 8.36. The molecule has 0 spiro atoms. The number of carbonyl (C=O) groups excluding carboxylic acids is 1. The largest absolute Gasteiger partial charge is 0.462 e.